The van der Waals surface area contributed by atoms with Crippen molar-refractivity contribution in [2.75, 3.05) is 19.1 Å². The molecule has 8 nitrogen and oxygen atoms in total. The summed E-state index contributed by atoms with van der Waals surface area (Å²) >= 11 is 0. The highest BCUT2D eigenvalue weighted by atomic mass is 16.5. The number of nitrogens with zero attached hydrogens (tertiary/aromatic N) is 2. The summed E-state index contributed by atoms with van der Waals surface area (Å²) in [5.74, 6) is -0.755. The summed E-state index contributed by atoms with van der Waals surface area (Å²) in [5, 5.41) is 15.2. The number of rotatable bonds is 6. The standard InChI is InChI=1S/C29H24N2O6/c1-35-22-13-9-19(10-14-22)27(32)25-26(20-5-3-4-6-23(17-20)36-2)31(29(34)28(25)33)21-11-7-18(8-12-21)24-15-16-37-30-24/h6-9,11-13,15-17,26,32H,3-5H2,1-2H3/b27-25-. The van der Waals surface area contributed by atoms with Crippen molar-refractivity contribution >= 4 is 17.4 Å². The first-order valence-corrected chi connectivity index (χ1v) is 11.8. The van der Waals surface area contributed by atoms with E-state index in [1.807, 2.05) is 12.2 Å². The van der Waals surface area contributed by atoms with E-state index in [4.69, 9.17) is 14.0 Å². The zero-order valence-electron chi connectivity index (χ0n) is 20.4. The van der Waals surface area contributed by atoms with E-state index in [1.54, 1.807) is 49.6 Å². The summed E-state index contributed by atoms with van der Waals surface area (Å²) in [4.78, 5) is 28.3. The number of aliphatic hydroxyl groups is 1. The molecule has 3 aliphatic rings. The molecule has 2 aliphatic carbocycles. The van der Waals surface area contributed by atoms with Crippen molar-refractivity contribution in [3.05, 3.63) is 106 Å². The van der Waals surface area contributed by atoms with Gasteiger partial charge in [0.15, 0.2) is 5.76 Å². The molecule has 1 atom stereocenters. The van der Waals surface area contributed by atoms with Crippen LogP contribution in [0.3, 0.4) is 0 Å². The highest BCUT2D eigenvalue weighted by molar-refractivity contribution is 6.51. The number of benzene rings is 1. The Morgan fingerprint density at radius 1 is 1.11 bits per heavy atom. The molecular formula is C29H24N2O6. The quantitative estimate of drug-likeness (QED) is 0.264. The Hall–Kier alpha value is -4.77. The molecule has 1 aliphatic heterocycles. The number of carbonyl (C=O) groups is 2. The van der Waals surface area contributed by atoms with Crippen LogP contribution in [0.4, 0.5) is 5.69 Å². The van der Waals surface area contributed by atoms with Crippen molar-refractivity contribution in [2.45, 2.75) is 25.3 Å². The Bertz CT molecular complexity index is 1480. The van der Waals surface area contributed by atoms with Crippen LogP contribution in [0.5, 0.6) is 0 Å². The maximum atomic E-state index is 13.4. The summed E-state index contributed by atoms with van der Waals surface area (Å²) in [7, 11) is 3.07. The van der Waals surface area contributed by atoms with E-state index in [9.17, 15) is 14.7 Å². The van der Waals surface area contributed by atoms with Crippen LogP contribution >= 0.6 is 0 Å². The van der Waals surface area contributed by atoms with Crippen molar-refractivity contribution in [2.24, 2.45) is 0 Å². The molecule has 0 spiro atoms. The van der Waals surface area contributed by atoms with Gasteiger partial charge in [-0.15, -0.1) is 0 Å². The van der Waals surface area contributed by atoms with Gasteiger partial charge in [0, 0.05) is 17.3 Å². The van der Waals surface area contributed by atoms with E-state index < -0.39 is 17.7 Å². The molecule has 1 fully saturated rings. The highest BCUT2D eigenvalue weighted by Crippen LogP contribution is 2.39. The van der Waals surface area contributed by atoms with Gasteiger partial charge in [-0.1, -0.05) is 23.0 Å². The number of aliphatic hydroxyl groups excluding tert-OH is 1. The number of hydrogen-bond acceptors (Lipinski definition) is 7. The number of amides is 1. The first-order chi connectivity index (χ1) is 18.0. The maximum absolute atomic E-state index is 13.4. The zero-order chi connectivity index (χ0) is 25.9. The zero-order valence-corrected chi connectivity index (χ0v) is 20.4. The smallest absolute Gasteiger partial charge is 0.300 e. The number of aromatic nitrogens is 1. The lowest BCUT2D eigenvalue weighted by atomic mass is 9.92. The molecule has 1 amide bonds. The van der Waals surface area contributed by atoms with Crippen LogP contribution in [0.1, 0.15) is 19.3 Å². The molecule has 1 saturated heterocycles. The number of anilines is 1. The molecule has 1 aromatic heterocycles. The van der Waals surface area contributed by atoms with Crippen LogP contribution in [0.2, 0.25) is 0 Å². The fourth-order valence-electron chi connectivity index (χ4n) is 4.60. The molecule has 0 saturated carbocycles. The molecule has 37 heavy (non-hydrogen) atoms. The number of allylic oxidation sites excluding steroid dienone is 4. The number of carbonyl (C=O) groups excluding carboxylic acids is 2. The molecule has 186 valence electrons. The average Bonchev–Trinajstić information content (AvgIpc) is 3.48. The van der Waals surface area contributed by atoms with Gasteiger partial charge in [-0.3, -0.25) is 14.5 Å². The fraction of sp³-hybridized carbons (Fsp3) is 0.207. The van der Waals surface area contributed by atoms with E-state index in [2.05, 4.69) is 16.6 Å². The molecule has 2 aromatic rings. The molecule has 1 aromatic carbocycles. The minimum atomic E-state index is -0.829. The largest absolute Gasteiger partial charge is 0.506 e. The third-order valence-electron chi connectivity index (χ3n) is 6.45. The summed E-state index contributed by atoms with van der Waals surface area (Å²) in [5.41, 5.74) is 8.58. The first-order valence-electron chi connectivity index (χ1n) is 11.8. The van der Waals surface area contributed by atoms with Gasteiger partial charge in [0.1, 0.15) is 23.5 Å². The normalized spacial score (nSPS) is 20.7. The average molecular weight is 497 g/mol. The fourth-order valence-corrected chi connectivity index (χ4v) is 4.60. The Balaban J connectivity index is 1.66. The number of methoxy groups -OCH3 is 2. The van der Waals surface area contributed by atoms with E-state index in [-0.39, 0.29) is 16.9 Å². The monoisotopic (exact) mass is 496 g/mol. The van der Waals surface area contributed by atoms with Gasteiger partial charge in [0.05, 0.1) is 31.4 Å². The number of ketones is 1. The summed E-state index contributed by atoms with van der Waals surface area (Å²) in [6.07, 6.45) is 10.7. The van der Waals surface area contributed by atoms with Crippen LogP contribution in [-0.2, 0) is 19.1 Å². The lowest BCUT2D eigenvalue weighted by Crippen LogP contribution is -2.35. The second-order valence-corrected chi connectivity index (χ2v) is 8.59. The van der Waals surface area contributed by atoms with E-state index in [0.29, 0.717) is 29.3 Å². The lowest BCUT2D eigenvalue weighted by Gasteiger charge is -2.27. The van der Waals surface area contributed by atoms with Gasteiger partial charge < -0.3 is 19.1 Å². The minimum Gasteiger partial charge on any atom is -0.506 e. The summed E-state index contributed by atoms with van der Waals surface area (Å²) in [6, 6.07) is 8.01. The second kappa shape index (κ2) is 10.1. The van der Waals surface area contributed by atoms with E-state index >= 15 is 0 Å². The van der Waals surface area contributed by atoms with Gasteiger partial charge in [0.2, 0.25) is 0 Å². The number of hydrogen-bond donors (Lipinski definition) is 1. The van der Waals surface area contributed by atoms with Crippen molar-refractivity contribution in [3.63, 3.8) is 0 Å². The topological polar surface area (TPSA) is 102 Å². The van der Waals surface area contributed by atoms with E-state index in [1.165, 1.54) is 18.3 Å². The van der Waals surface area contributed by atoms with Gasteiger partial charge in [-0.05, 0) is 67.0 Å². The van der Waals surface area contributed by atoms with Crippen molar-refractivity contribution < 1.29 is 28.7 Å². The van der Waals surface area contributed by atoms with Crippen LogP contribution < -0.4 is 4.90 Å². The molecule has 1 unspecified atom stereocenters. The third kappa shape index (κ3) is 4.47. The maximum Gasteiger partial charge on any atom is 0.300 e. The van der Waals surface area contributed by atoms with Crippen molar-refractivity contribution in [1.82, 2.24) is 5.16 Å². The third-order valence-corrected chi connectivity index (χ3v) is 6.45. The SMILES string of the molecule is COC1=C=C=C(/C(O)=C2/C(=O)C(=O)N(c3ccc(-c4ccon4)cc3)C2C2=CC(OC)=CCCC2)C=C1. The summed E-state index contributed by atoms with van der Waals surface area (Å²) in [6.45, 7) is 0. The number of Topliss-reactive ketones (excluding diaryl/α,β-unsaturated/α-hetero) is 1. The molecule has 2 heterocycles. The van der Waals surface area contributed by atoms with Gasteiger partial charge in [0.25, 0.3) is 11.7 Å². The van der Waals surface area contributed by atoms with Crippen LogP contribution in [0.15, 0.2) is 111 Å². The van der Waals surface area contributed by atoms with Gasteiger partial charge in [-0.2, -0.15) is 0 Å². The Morgan fingerprint density at radius 3 is 2.57 bits per heavy atom. The predicted octanol–water partition coefficient (Wildman–Crippen LogP) is 4.86. The first kappa shape index (κ1) is 23.9. The molecule has 0 radical (unpaired) electrons. The van der Waals surface area contributed by atoms with Crippen molar-refractivity contribution in [1.29, 1.82) is 0 Å². The number of ether oxygens (including phenoxy) is 2. The Morgan fingerprint density at radius 2 is 1.92 bits per heavy atom. The second-order valence-electron chi connectivity index (χ2n) is 8.59. The Kier molecular flexibility index (Phi) is 6.52. The highest BCUT2D eigenvalue weighted by Gasteiger charge is 2.48. The van der Waals surface area contributed by atoms with Gasteiger partial charge >= 0.3 is 0 Å². The van der Waals surface area contributed by atoms with Crippen LogP contribution in [-0.4, -0.2) is 42.2 Å². The van der Waals surface area contributed by atoms with Crippen LogP contribution in [0.25, 0.3) is 11.3 Å². The van der Waals surface area contributed by atoms with Crippen LogP contribution in [0, 0.1) is 0 Å². The molecule has 0 bridgehead atoms. The summed E-state index contributed by atoms with van der Waals surface area (Å²) < 4.78 is 15.5. The van der Waals surface area contributed by atoms with Crippen molar-refractivity contribution in [3.8, 4) is 11.3 Å². The van der Waals surface area contributed by atoms with Gasteiger partial charge in [-0.25, -0.2) is 0 Å². The minimum absolute atomic E-state index is 0.0102. The predicted molar refractivity (Wildman–Crippen MR) is 135 cm³/mol. The molecule has 5 rings (SSSR count). The molecule has 1 N–H and O–H groups in total. The lowest BCUT2D eigenvalue weighted by molar-refractivity contribution is -0.132. The Labute approximate surface area is 213 Å². The molecular weight excluding hydrogens is 472 g/mol. The molecule has 8 heteroatoms. The van der Waals surface area contributed by atoms with E-state index in [0.717, 1.165) is 24.0 Å².